The standard InChI is InChI=1S/C40H81I/c1-3-5-7-9-11-13-15-17-19-21-23-25-27-29-31-33-36-40(38-35-39-41)37-34-32-30-28-26-24-22-20-18-16-14-12-10-8-6-4-2/h40H,3-39H2,1-2H3. The molecule has 0 rings (SSSR count). The second-order valence-corrected chi connectivity index (χ2v) is 15.0. The first kappa shape index (κ1) is 41.7. The molecule has 0 heterocycles. The van der Waals surface area contributed by atoms with Gasteiger partial charge in [-0.15, -0.1) is 0 Å². The molecule has 41 heavy (non-hydrogen) atoms. The lowest BCUT2D eigenvalue weighted by atomic mass is 9.90. The van der Waals surface area contributed by atoms with Crippen molar-refractivity contribution in [2.45, 2.75) is 245 Å². The molecule has 0 nitrogen and oxygen atoms in total. The lowest BCUT2D eigenvalue weighted by Crippen LogP contribution is -2.02. The highest BCUT2D eigenvalue weighted by Crippen LogP contribution is 2.24. The molecule has 0 radical (unpaired) electrons. The van der Waals surface area contributed by atoms with Crippen molar-refractivity contribution in [3.05, 3.63) is 0 Å². The van der Waals surface area contributed by atoms with Crippen LogP contribution in [0.1, 0.15) is 245 Å². The van der Waals surface area contributed by atoms with Gasteiger partial charge in [0.05, 0.1) is 0 Å². The fourth-order valence-electron chi connectivity index (χ4n) is 6.76. The molecule has 0 fully saturated rings. The third-order valence-electron chi connectivity index (χ3n) is 9.68. The molecule has 0 bridgehead atoms. The van der Waals surface area contributed by atoms with Crippen LogP contribution in [-0.2, 0) is 0 Å². The first-order valence-electron chi connectivity index (χ1n) is 19.9. The van der Waals surface area contributed by atoms with Gasteiger partial charge in [-0.25, -0.2) is 0 Å². The molecule has 0 aromatic heterocycles. The summed E-state index contributed by atoms with van der Waals surface area (Å²) in [5.41, 5.74) is 0. The predicted molar refractivity (Wildman–Crippen MR) is 200 cm³/mol. The van der Waals surface area contributed by atoms with Crippen molar-refractivity contribution >= 4 is 22.6 Å². The molecule has 248 valence electrons. The molecule has 0 aliphatic carbocycles. The second-order valence-electron chi connectivity index (χ2n) is 13.9. The summed E-state index contributed by atoms with van der Waals surface area (Å²) in [7, 11) is 0. The number of unbranched alkanes of at least 4 members (excludes halogenated alkanes) is 30. The summed E-state index contributed by atoms with van der Waals surface area (Å²) in [5.74, 6) is 1.03. The van der Waals surface area contributed by atoms with Crippen LogP contribution in [0, 0.1) is 5.92 Å². The van der Waals surface area contributed by atoms with Gasteiger partial charge in [0.2, 0.25) is 0 Å². The van der Waals surface area contributed by atoms with Crippen LogP contribution >= 0.6 is 22.6 Å². The quantitative estimate of drug-likeness (QED) is 0.0346. The van der Waals surface area contributed by atoms with E-state index >= 15 is 0 Å². The largest absolute Gasteiger partial charge is 0.0864 e. The lowest BCUT2D eigenvalue weighted by molar-refractivity contribution is 0.378. The van der Waals surface area contributed by atoms with Gasteiger partial charge in [-0.1, -0.05) is 255 Å². The van der Waals surface area contributed by atoms with E-state index < -0.39 is 0 Å². The summed E-state index contributed by atoms with van der Waals surface area (Å²) < 4.78 is 1.35. The Labute approximate surface area is 276 Å². The Bertz CT molecular complexity index is 397. The summed E-state index contributed by atoms with van der Waals surface area (Å²) in [6.45, 7) is 4.62. The van der Waals surface area contributed by atoms with Gasteiger partial charge in [-0.2, -0.15) is 0 Å². The van der Waals surface area contributed by atoms with E-state index in [-0.39, 0.29) is 0 Å². The van der Waals surface area contributed by atoms with Crippen molar-refractivity contribution in [2.24, 2.45) is 5.92 Å². The second kappa shape index (κ2) is 38.8. The van der Waals surface area contributed by atoms with E-state index in [1.807, 2.05) is 0 Å². The van der Waals surface area contributed by atoms with Gasteiger partial charge in [0.1, 0.15) is 0 Å². The Morgan fingerprint density at radius 2 is 0.463 bits per heavy atom. The Kier molecular flexibility index (Phi) is 39.4. The number of halogens is 1. The number of hydrogen-bond donors (Lipinski definition) is 0. The van der Waals surface area contributed by atoms with Crippen LogP contribution in [0.15, 0.2) is 0 Å². The van der Waals surface area contributed by atoms with Crippen LogP contribution in [0.25, 0.3) is 0 Å². The highest BCUT2D eigenvalue weighted by molar-refractivity contribution is 14.1. The molecule has 0 spiro atoms. The van der Waals surface area contributed by atoms with Crippen molar-refractivity contribution in [1.82, 2.24) is 0 Å². The third kappa shape index (κ3) is 36.8. The predicted octanol–water partition coefficient (Wildman–Crippen LogP) is 16.1. The molecule has 0 saturated heterocycles. The molecule has 0 unspecified atom stereocenters. The minimum Gasteiger partial charge on any atom is -0.0864 e. The van der Waals surface area contributed by atoms with Crippen LogP contribution in [-0.4, -0.2) is 4.43 Å². The Morgan fingerprint density at radius 3 is 0.683 bits per heavy atom. The van der Waals surface area contributed by atoms with Gasteiger partial charge in [-0.05, 0) is 23.2 Å². The molecule has 0 atom stereocenters. The van der Waals surface area contributed by atoms with Crippen molar-refractivity contribution < 1.29 is 0 Å². The van der Waals surface area contributed by atoms with Gasteiger partial charge in [-0.3, -0.25) is 0 Å². The first-order valence-corrected chi connectivity index (χ1v) is 21.4. The molecular formula is C40H81I. The maximum atomic E-state index is 2.58. The van der Waals surface area contributed by atoms with Gasteiger partial charge >= 0.3 is 0 Å². The van der Waals surface area contributed by atoms with Gasteiger partial charge in [0.15, 0.2) is 0 Å². The van der Waals surface area contributed by atoms with Crippen molar-refractivity contribution in [3.63, 3.8) is 0 Å². The van der Waals surface area contributed by atoms with Crippen LogP contribution < -0.4 is 0 Å². The normalized spacial score (nSPS) is 11.7. The van der Waals surface area contributed by atoms with Crippen LogP contribution in [0.4, 0.5) is 0 Å². The zero-order valence-electron chi connectivity index (χ0n) is 29.1. The smallest absolute Gasteiger partial charge is 0.000463 e. The zero-order chi connectivity index (χ0) is 29.7. The van der Waals surface area contributed by atoms with E-state index in [0.717, 1.165) is 5.92 Å². The molecular weight excluding hydrogens is 607 g/mol. The molecule has 0 aromatic carbocycles. The fourth-order valence-corrected chi connectivity index (χ4v) is 7.20. The minimum absolute atomic E-state index is 1.03. The molecule has 0 aliphatic heterocycles. The van der Waals surface area contributed by atoms with E-state index in [2.05, 4.69) is 36.4 Å². The molecule has 0 aliphatic rings. The average Bonchev–Trinajstić information content (AvgIpc) is 2.98. The van der Waals surface area contributed by atoms with Crippen LogP contribution in [0.3, 0.4) is 0 Å². The maximum Gasteiger partial charge on any atom is -0.000463 e. The molecule has 0 saturated carbocycles. The van der Waals surface area contributed by atoms with Crippen molar-refractivity contribution in [2.75, 3.05) is 4.43 Å². The Morgan fingerprint density at radius 1 is 0.268 bits per heavy atom. The van der Waals surface area contributed by atoms with E-state index in [4.69, 9.17) is 0 Å². The SMILES string of the molecule is CCCCCCCCCCCCCCCCCCC(CCCI)CCCCCCCCCCCCCCCCCC. The van der Waals surface area contributed by atoms with Crippen LogP contribution in [0.5, 0.6) is 0 Å². The summed E-state index contributed by atoms with van der Waals surface area (Å²) in [4.78, 5) is 0. The van der Waals surface area contributed by atoms with Gasteiger partial charge in [0.25, 0.3) is 0 Å². The number of hydrogen-bond acceptors (Lipinski definition) is 0. The molecule has 0 aromatic rings. The highest BCUT2D eigenvalue weighted by Gasteiger charge is 2.08. The topological polar surface area (TPSA) is 0 Å². The minimum atomic E-state index is 1.03. The van der Waals surface area contributed by atoms with E-state index in [9.17, 15) is 0 Å². The average molecular weight is 689 g/mol. The zero-order valence-corrected chi connectivity index (χ0v) is 31.3. The van der Waals surface area contributed by atoms with Gasteiger partial charge < -0.3 is 0 Å². The summed E-state index contributed by atoms with van der Waals surface area (Å²) in [6.07, 6.45) is 53.4. The summed E-state index contributed by atoms with van der Waals surface area (Å²) in [6, 6.07) is 0. The van der Waals surface area contributed by atoms with Crippen LogP contribution in [0.2, 0.25) is 0 Å². The third-order valence-corrected chi connectivity index (χ3v) is 10.4. The van der Waals surface area contributed by atoms with E-state index in [1.165, 1.54) is 236 Å². The number of alkyl halides is 1. The monoisotopic (exact) mass is 689 g/mol. The molecule has 1 heteroatoms. The Hall–Kier alpha value is 0.730. The van der Waals surface area contributed by atoms with E-state index in [0.29, 0.717) is 0 Å². The van der Waals surface area contributed by atoms with E-state index in [1.54, 1.807) is 0 Å². The summed E-state index contributed by atoms with van der Waals surface area (Å²) in [5, 5.41) is 0. The molecule has 0 N–H and O–H groups in total. The fraction of sp³-hybridized carbons (Fsp3) is 1.00. The van der Waals surface area contributed by atoms with Crippen molar-refractivity contribution in [3.8, 4) is 0 Å². The maximum absolute atomic E-state index is 2.58. The summed E-state index contributed by atoms with van der Waals surface area (Å²) >= 11 is 2.58. The highest BCUT2D eigenvalue weighted by atomic mass is 127. The molecule has 0 amide bonds. The lowest BCUT2D eigenvalue weighted by Gasteiger charge is -2.16. The van der Waals surface area contributed by atoms with Crippen molar-refractivity contribution in [1.29, 1.82) is 0 Å². The Balaban J connectivity index is 3.44. The van der Waals surface area contributed by atoms with Gasteiger partial charge in [0, 0.05) is 0 Å². The number of rotatable bonds is 37. The first-order chi connectivity index (χ1) is 20.3.